The molecule has 3 N–H and O–H groups in total. The summed E-state index contributed by atoms with van der Waals surface area (Å²) in [6.07, 6.45) is 3.87. The fourth-order valence-electron chi connectivity index (χ4n) is 6.19. The van der Waals surface area contributed by atoms with Gasteiger partial charge in [0.05, 0.1) is 31.5 Å². The molecule has 3 unspecified atom stereocenters. The minimum absolute atomic E-state index is 0.120. The van der Waals surface area contributed by atoms with Crippen LogP contribution in [-0.2, 0) is 22.5 Å². The van der Waals surface area contributed by atoms with Crippen LogP contribution in [0.15, 0.2) is 24.3 Å². The van der Waals surface area contributed by atoms with E-state index in [0.717, 1.165) is 41.9 Å². The number of aromatic nitrogens is 2. The second-order valence-electron chi connectivity index (χ2n) is 13.8. The van der Waals surface area contributed by atoms with Crippen molar-refractivity contribution in [1.82, 2.24) is 20.2 Å². The van der Waals surface area contributed by atoms with Gasteiger partial charge in [0.15, 0.2) is 5.82 Å². The number of anilines is 2. The number of hydrogen-bond donors (Lipinski definition) is 3. The van der Waals surface area contributed by atoms with Crippen LogP contribution in [0.1, 0.15) is 72.1 Å². The average Bonchev–Trinajstić information content (AvgIpc) is 2.93. The molecule has 1 aromatic carbocycles. The van der Waals surface area contributed by atoms with Crippen molar-refractivity contribution in [2.24, 2.45) is 11.3 Å². The SMILES string of the molecule is CC1COCCN1c1nc(-c2ccc(NC(=O)NC3CCC3CC(C)(C)C)cc2)nc2c1CN(C(=O)C(C)(C)O)CC2. The molecule has 3 atom stereocenters. The van der Waals surface area contributed by atoms with Crippen molar-refractivity contribution in [3.63, 3.8) is 0 Å². The molecule has 10 nitrogen and oxygen atoms in total. The lowest BCUT2D eigenvalue weighted by molar-refractivity contribution is -0.148. The number of ether oxygens (including phenoxy) is 1. The summed E-state index contributed by atoms with van der Waals surface area (Å²) in [5, 5.41) is 16.5. The monoisotopic (exact) mass is 578 g/mol. The van der Waals surface area contributed by atoms with Gasteiger partial charge >= 0.3 is 6.03 Å². The maximum Gasteiger partial charge on any atom is 0.319 e. The number of nitrogens with one attached hydrogen (secondary N) is 2. The summed E-state index contributed by atoms with van der Waals surface area (Å²) in [4.78, 5) is 39.5. The first-order chi connectivity index (χ1) is 19.8. The highest BCUT2D eigenvalue weighted by atomic mass is 16.5. The van der Waals surface area contributed by atoms with E-state index in [2.05, 4.69) is 43.2 Å². The molecule has 0 spiro atoms. The molecule has 0 radical (unpaired) electrons. The molecule has 1 aromatic heterocycles. The lowest BCUT2D eigenvalue weighted by atomic mass is 9.71. The van der Waals surface area contributed by atoms with Crippen LogP contribution in [0.5, 0.6) is 0 Å². The Bertz CT molecular complexity index is 1300. The van der Waals surface area contributed by atoms with E-state index >= 15 is 0 Å². The van der Waals surface area contributed by atoms with Crippen molar-refractivity contribution in [3.05, 3.63) is 35.5 Å². The first kappa shape index (κ1) is 30.2. The third-order valence-corrected chi connectivity index (χ3v) is 8.50. The zero-order valence-electron chi connectivity index (χ0n) is 25.9. The van der Waals surface area contributed by atoms with Crippen LogP contribution in [-0.4, -0.2) is 75.9 Å². The Kier molecular flexibility index (Phi) is 8.49. The predicted octanol–water partition coefficient (Wildman–Crippen LogP) is 4.36. The molecule has 0 bridgehead atoms. The van der Waals surface area contributed by atoms with E-state index in [-0.39, 0.29) is 29.4 Å². The number of aliphatic hydroxyl groups is 1. The summed E-state index contributed by atoms with van der Waals surface area (Å²) in [6.45, 7) is 14.6. The Morgan fingerprint density at radius 1 is 1.07 bits per heavy atom. The smallest absolute Gasteiger partial charge is 0.319 e. The molecule has 228 valence electrons. The summed E-state index contributed by atoms with van der Waals surface area (Å²) in [7, 11) is 0. The highest BCUT2D eigenvalue weighted by Crippen LogP contribution is 2.37. The van der Waals surface area contributed by atoms with Gasteiger partial charge in [-0.2, -0.15) is 0 Å². The average molecular weight is 579 g/mol. The molecule has 42 heavy (non-hydrogen) atoms. The normalized spacial score (nSPS) is 22.7. The van der Waals surface area contributed by atoms with Crippen LogP contribution in [0.25, 0.3) is 11.4 Å². The van der Waals surface area contributed by atoms with E-state index < -0.39 is 5.60 Å². The van der Waals surface area contributed by atoms with E-state index in [0.29, 0.717) is 56.7 Å². The standard InChI is InChI=1S/C32H46N6O4/c1-20-19-42-16-15-38(20)28-24-18-37(29(39)32(5,6)41)14-13-26(24)34-27(36-28)21-7-10-23(11-8-21)33-30(40)35-25-12-9-22(25)17-31(2,3)4/h7-8,10-11,20,22,25,41H,9,12-19H2,1-6H3,(H2,33,35,40). The van der Waals surface area contributed by atoms with Gasteiger partial charge in [-0.3, -0.25) is 4.79 Å². The molecule has 10 heteroatoms. The molecule has 5 rings (SSSR count). The number of urea groups is 1. The molecule has 2 aliphatic heterocycles. The molecule has 1 saturated heterocycles. The molecule has 2 aromatic rings. The number of carbonyl (C=O) groups excluding carboxylic acids is 2. The van der Waals surface area contributed by atoms with Crippen molar-refractivity contribution >= 4 is 23.4 Å². The topological polar surface area (TPSA) is 120 Å². The number of amides is 3. The Labute approximate surface area is 249 Å². The van der Waals surface area contributed by atoms with E-state index in [1.165, 1.54) is 13.8 Å². The summed E-state index contributed by atoms with van der Waals surface area (Å²) in [5.74, 6) is 1.65. The Morgan fingerprint density at radius 2 is 1.81 bits per heavy atom. The molecular formula is C32H46N6O4. The van der Waals surface area contributed by atoms with Gasteiger partial charge < -0.3 is 30.3 Å². The van der Waals surface area contributed by atoms with Crippen LogP contribution in [0.2, 0.25) is 0 Å². The second-order valence-corrected chi connectivity index (χ2v) is 13.8. The largest absolute Gasteiger partial charge is 0.381 e. The third kappa shape index (κ3) is 6.86. The number of rotatable bonds is 6. The number of morpholine rings is 1. The van der Waals surface area contributed by atoms with E-state index in [1.54, 1.807) is 4.90 Å². The maximum absolute atomic E-state index is 12.9. The van der Waals surface area contributed by atoms with Crippen molar-refractivity contribution in [2.75, 3.05) is 36.5 Å². The van der Waals surface area contributed by atoms with Gasteiger partial charge in [-0.15, -0.1) is 0 Å². The van der Waals surface area contributed by atoms with Gasteiger partial charge in [-0.25, -0.2) is 14.8 Å². The van der Waals surface area contributed by atoms with Gasteiger partial charge in [0.1, 0.15) is 11.4 Å². The van der Waals surface area contributed by atoms with Crippen LogP contribution in [0.4, 0.5) is 16.3 Å². The van der Waals surface area contributed by atoms with Crippen molar-refractivity contribution in [2.45, 2.75) is 91.5 Å². The lowest BCUT2D eigenvalue weighted by Crippen LogP contribution is -2.49. The van der Waals surface area contributed by atoms with Crippen LogP contribution >= 0.6 is 0 Å². The van der Waals surface area contributed by atoms with Crippen LogP contribution in [0, 0.1) is 11.3 Å². The zero-order chi connectivity index (χ0) is 30.2. The summed E-state index contributed by atoms with van der Waals surface area (Å²) >= 11 is 0. The highest BCUT2D eigenvalue weighted by Gasteiger charge is 2.36. The molecule has 1 saturated carbocycles. The minimum Gasteiger partial charge on any atom is -0.381 e. The summed E-state index contributed by atoms with van der Waals surface area (Å²) in [6, 6.07) is 7.80. The quantitative estimate of drug-likeness (QED) is 0.466. The fraction of sp³-hybridized carbons (Fsp3) is 0.625. The fourth-order valence-corrected chi connectivity index (χ4v) is 6.19. The van der Waals surface area contributed by atoms with Crippen molar-refractivity contribution in [1.29, 1.82) is 0 Å². The van der Waals surface area contributed by atoms with Crippen molar-refractivity contribution in [3.8, 4) is 11.4 Å². The Morgan fingerprint density at radius 3 is 2.43 bits per heavy atom. The number of hydrogen-bond acceptors (Lipinski definition) is 7. The molecule has 3 amide bonds. The van der Waals surface area contributed by atoms with E-state index in [9.17, 15) is 14.7 Å². The number of benzene rings is 1. The second kappa shape index (κ2) is 11.8. The van der Waals surface area contributed by atoms with Gasteiger partial charge in [-0.05, 0) is 75.6 Å². The first-order valence-electron chi connectivity index (χ1n) is 15.2. The molecule has 1 aliphatic carbocycles. The highest BCUT2D eigenvalue weighted by molar-refractivity contribution is 5.89. The molecule has 2 fully saturated rings. The molecule has 3 heterocycles. The molecule has 3 aliphatic rings. The van der Waals surface area contributed by atoms with Gasteiger partial charge in [0.25, 0.3) is 5.91 Å². The number of nitrogens with zero attached hydrogens (tertiary/aromatic N) is 4. The predicted molar refractivity (Wildman–Crippen MR) is 163 cm³/mol. The minimum atomic E-state index is -1.44. The van der Waals surface area contributed by atoms with E-state index in [4.69, 9.17) is 14.7 Å². The number of carbonyl (C=O) groups is 2. The van der Waals surface area contributed by atoms with Crippen molar-refractivity contribution < 1.29 is 19.4 Å². The van der Waals surface area contributed by atoms with Gasteiger partial charge in [0.2, 0.25) is 0 Å². The van der Waals surface area contributed by atoms with Gasteiger partial charge in [0, 0.05) is 42.4 Å². The Hall–Kier alpha value is -3.24. The summed E-state index contributed by atoms with van der Waals surface area (Å²) < 4.78 is 5.68. The Balaban J connectivity index is 1.34. The first-order valence-corrected chi connectivity index (χ1v) is 15.2. The maximum atomic E-state index is 12.9. The third-order valence-electron chi connectivity index (χ3n) is 8.50. The zero-order valence-corrected chi connectivity index (χ0v) is 25.9. The lowest BCUT2D eigenvalue weighted by Gasteiger charge is -2.40. The number of fused-ring (bicyclic) bond motifs is 1. The summed E-state index contributed by atoms with van der Waals surface area (Å²) in [5.41, 5.74) is 2.22. The molecular weight excluding hydrogens is 532 g/mol. The van der Waals surface area contributed by atoms with Gasteiger partial charge in [-0.1, -0.05) is 20.8 Å². The van der Waals surface area contributed by atoms with Crippen LogP contribution in [0.3, 0.4) is 0 Å². The van der Waals surface area contributed by atoms with Crippen LogP contribution < -0.4 is 15.5 Å². The van der Waals surface area contributed by atoms with E-state index in [1.807, 2.05) is 24.3 Å².